The topological polar surface area (TPSA) is 45.9 Å². The Morgan fingerprint density at radius 2 is 1.83 bits per heavy atom. The molecular weight excluding hydrogens is 356 g/mol. The zero-order chi connectivity index (χ0) is 20.2. The maximum Gasteiger partial charge on any atom is 0.120 e. The molecule has 3 aromatic carbocycles. The molecule has 0 unspecified atom stereocenters. The minimum atomic E-state index is 0.421. The van der Waals surface area contributed by atoms with Crippen LogP contribution in [-0.4, -0.2) is 4.98 Å². The Kier molecular flexibility index (Phi) is 5.27. The molecule has 0 saturated heterocycles. The molecule has 29 heavy (non-hydrogen) atoms. The third-order valence-corrected chi connectivity index (χ3v) is 5.00. The van der Waals surface area contributed by atoms with Crippen LogP contribution in [0.15, 0.2) is 79.0 Å². The first kappa shape index (κ1) is 18.7. The van der Waals surface area contributed by atoms with Crippen molar-refractivity contribution in [3.63, 3.8) is 0 Å². The Morgan fingerprint density at radius 3 is 2.66 bits per heavy atom. The smallest absolute Gasteiger partial charge is 0.120 e. The standard InChI is InChI=1S/C26H22N2O/c1-18(2)23-13-22-9-5-11-28-26(22)25(15-23)21-8-4-10-24(14-21)29-17-20-7-3-6-19(12-20)16-27/h3-15,18H,17H2,1-2H3. The molecule has 0 spiro atoms. The van der Waals surface area contributed by atoms with Gasteiger partial charge in [0.1, 0.15) is 12.4 Å². The van der Waals surface area contributed by atoms with Crippen molar-refractivity contribution in [2.24, 2.45) is 0 Å². The van der Waals surface area contributed by atoms with Gasteiger partial charge in [-0.15, -0.1) is 0 Å². The Balaban J connectivity index is 1.67. The summed E-state index contributed by atoms with van der Waals surface area (Å²) in [6, 6.07) is 26.3. The second-order valence-corrected chi connectivity index (χ2v) is 7.43. The van der Waals surface area contributed by atoms with Gasteiger partial charge in [-0.1, -0.05) is 44.2 Å². The number of nitriles is 1. The second-order valence-electron chi connectivity index (χ2n) is 7.43. The largest absolute Gasteiger partial charge is 0.489 e. The summed E-state index contributed by atoms with van der Waals surface area (Å²) in [7, 11) is 0. The molecule has 0 atom stereocenters. The van der Waals surface area contributed by atoms with Gasteiger partial charge < -0.3 is 4.74 Å². The van der Waals surface area contributed by atoms with Gasteiger partial charge in [-0.05, 0) is 65.1 Å². The number of fused-ring (bicyclic) bond motifs is 1. The lowest BCUT2D eigenvalue weighted by Gasteiger charge is -2.13. The minimum Gasteiger partial charge on any atom is -0.489 e. The van der Waals surface area contributed by atoms with E-state index in [1.807, 2.05) is 42.6 Å². The quantitative estimate of drug-likeness (QED) is 0.399. The zero-order valence-electron chi connectivity index (χ0n) is 16.6. The van der Waals surface area contributed by atoms with Crippen molar-refractivity contribution >= 4 is 10.9 Å². The van der Waals surface area contributed by atoms with Gasteiger partial charge in [-0.3, -0.25) is 4.98 Å². The van der Waals surface area contributed by atoms with Crippen LogP contribution in [0.2, 0.25) is 0 Å². The number of ether oxygens (including phenoxy) is 1. The highest BCUT2D eigenvalue weighted by Crippen LogP contribution is 2.33. The summed E-state index contributed by atoms with van der Waals surface area (Å²) in [4.78, 5) is 4.63. The van der Waals surface area contributed by atoms with E-state index in [-0.39, 0.29) is 0 Å². The maximum atomic E-state index is 9.06. The van der Waals surface area contributed by atoms with Crippen LogP contribution in [0.1, 0.15) is 36.5 Å². The van der Waals surface area contributed by atoms with Gasteiger partial charge in [0.25, 0.3) is 0 Å². The molecule has 142 valence electrons. The molecule has 0 aliphatic heterocycles. The fourth-order valence-electron chi connectivity index (χ4n) is 3.42. The Hall–Kier alpha value is -3.64. The van der Waals surface area contributed by atoms with Crippen LogP contribution in [0.5, 0.6) is 5.75 Å². The van der Waals surface area contributed by atoms with Gasteiger partial charge in [0.2, 0.25) is 0 Å². The van der Waals surface area contributed by atoms with Gasteiger partial charge in [0, 0.05) is 17.1 Å². The SMILES string of the molecule is CC(C)c1cc(-c2cccc(OCc3cccc(C#N)c3)c2)c2ncccc2c1. The average molecular weight is 378 g/mol. The number of nitrogens with zero attached hydrogens (tertiary/aromatic N) is 2. The lowest BCUT2D eigenvalue weighted by Crippen LogP contribution is -1.96. The lowest BCUT2D eigenvalue weighted by atomic mass is 9.94. The first-order valence-corrected chi connectivity index (χ1v) is 9.75. The van der Waals surface area contributed by atoms with Crippen LogP contribution in [0.3, 0.4) is 0 Å². The first-order chi connectivity index (χ1) is 14.1. The first-order valence-electron chi connectivity index (χ1n) is 9.75. The van der Waals surface area contributed by atoms with Gasteiger partial charge in [-0.25, -0.2) is 0 Å². The van der Waals surface area contributed by atoms with Crippen LogP contribution < -0.4 is 4.74 Å². The van der Waals surface area contributed by atoms with E-state index in [2.05, 4.69) is 55.2 Å². The molecule has 1 heterocycles. The molecule has 4 rings (SSSR count). The highest BCUT2D eigenvalue weighted by atomic mass is 16.5. The van der Waals surface area contributed by atoms with Crippen molar-refractivity contribution in [2.75, 3.05) is 0 Å². The number of hydrogen-bond acceptors (Lipinski definition) is 3. The lowest BCUT2D eigenvalue weighted by molar-refractivity contribution is 0.306. The second kappa shape index (κ2) is 8.16. The minimum absolute atomic E-state index is 0.421. The van der Waals surface area contributed by atoms with E-state index in [1.165, 1.54) is 5.56 Å². The van der Waals surface area contributed by atoms with Crippen molar-refractivity contribution in [2.45, 2.75) is 26.4 Å². The van der Waals surface area contributed by atoms with Gasteiger partial charge in [0.05, 0.1) is 17.1 Å². The molecule has 0 radical (unpaired) electrons. The molecule has 0 fully saturated rings. The Labute approximate surface area is 171 Å². The third kappa shape index (κ3) is 4.12. The molecule has 0 N–H and O–H groups in total. The molecule has 0 bridgehead atoms. The van der Waals surface area contributed by atoms with Gasteiger partial charge >= 0.3 is 0 Å². The predicted octanol–water partition coefficient (Wildman–Crippen LogP) is 6.48. The summed E-state index contributed by atoms with van der Waals surface area (Å²) < 4.78 is 6.01. The van der Waals surface area contributed by atoms with Crippen LogP contribution in [0.4, 0.5) is 0 Å². The van der Waals surface area contributed by atoms with Crippen molar-refractivity contribution in [3.8, 4) is 22.9 Å². The summed E-state index contributed by atoms with van der Waals surface area (Å²) in [6.07, 6.45) is 1.84. The molecule has 0 aliphatic rings. The van der Waals surface area contributed by atoms with E-state index >= 15 is 0 Å². The van der Waals surface area contributed by atoms with E-state index in [0.29, 0.717) is 18.1 Å². The summed E-state index contributed by atoms with van der Waals surface area (Å²) in [5.74, 6) is 1.23. The van der Waals surface area contributed by atoms with Crippen LogP contribution in [0, 0.1) is 11.3 Å². The highest BCUT2D eigenvalue weighted by Gasteiger charge is 2.10. The average Bonchev–Trinajstić information content (AvgIpc) is 2.77. The van der Waals surface area contributed by atoms with E-state index in [4.69, 9.17) is 10.00 Å². The fourth-order valence-corrected chi connectivity index (χ4v) is 3.42. The van der Waals surface area contributed by atoms with Crippen molar-refractivity contribution in [3.05, 3.63) is 95.7 Å². The van der Waals surface area contributed by atoms with E-state index in [0.717, 1.165) is 33.3 Å². The van der Waals surface area contributed by atoms with Crippen LogP contribution >= 0.6 is 0 Å². The van der Waals surface area contributed by atoms with E-state index in [9.17, 15) is 0 Å². The van der Waals surface area contributed by atoms with Crippen molar-refractivity contribution in [1.82, 2.24) is 4.98 Å². The summed E-state index contributed by atoms with van der Waals surface area (Å²) in [5.41, 5.74) is 6.10. The predicted molar refractivity (Wildman–Crippen MR) is 117 cm³/mol. The fraction of sp³-hybridized carbons (Fsp3) is 0.154. The molecule has 4 aromatic rings. The number of benzene rings is 3. The molecule has 1 aromatic heterocycles. The van der Waals surface area contributed by atoms with Gasteiger partial charge in [-0.2, -0.15) is 5.26 Å². The summed E-state index contributed by atoms with van der Waals surface area (Å²) in [5, 5.41) is 10.2. The number of pyridine rings is 1. The Bertz CT molecular complexity index is 1200. The third-order valence-electron chi connectivity index (χ3n) is 5.00. The Morgan fingerprint density at radius 1 is 0.966 bits per heavy atom. The molecule has 3 nitrogen and oxygen atoms in total. The molecule has 0 saturated carbocycles. The maximum absolute atomic E-state index is 9.06. The highest BCUT2D eigenvalue weighted by molar-refractivity contribution is 5.94. The van der Waals surface area contributed by atoms with Crippen LogP contribution in [-0.2, 0) is 6.61 Å². The zero-order valence-corrected chi connectivity index (χ0v) is 16.6. The molecular formula is C26H22N2O. The van der Waals surface area contributed by atoms with Crippen molar-refractivity contribution in [1.29, 1.82) is 5.26 Å². The summed E-state index contributed by atoms with van der Waals surface area (Å²) >= 11 is 0. The van der Waals surface area contributed by atoms with Crippen LogP contribution in [0.25, 0.3) is 22.0 Å². The summed E-state index contributed by atoms with van der Waals surface area (Å²) in [6.45, 7) is 4.83. The van der Waals surface area contributed by atoms with E-state index < -0.39 is 0 Å². The normalized spacial score (nSPS) is 10.8. The molecule has 3 heteroatoms. The van der Waals surface area contributed by atoms with Gasteiger partial charge in [0.15, 0.2) is 0 Å². The molecule has 0 amide bonds. The molecule has 0 aliphatic carbocycles. The number of rotatable bonds is 5. The van der Waals surface area contributed by atoms with E-state index in [1.54, 1.807) is 6.07 Å². The number of aromatic nitrogens is 1. The number of hydrogen-bond donors (Lipinski definition) is 0. The van der Waals surface area contributed by atoms with Crippen molar-refractivity contribution < 1.29 is 4.74 Å². The monoisotopic (exact) mass is 378 g/mol.